The number of nitrogens with zero attached hydrogens (tertiary/aromatic N) is 2. The molecule has 0 spiro atoms. The molecule has 0 N–H and O–H groups in total. The quantitative estimate of drug-likeness (QED) is 0.375. The van der Waals surface area contributed by atoms with E-state index in [1.807, 2.05) is 0 Å². The van der Waals surface area contributed by atoms with Crippen LogP contribution in [-0.2, 0) is 10.0 Å². The third kappa shape index (κ3) is 4.34. The number of halogens is 10. The number of sulfonamides is 1. The van der Waals surface area contributed by atoms with E-state index < -0.39 is 46.4 Å². The molecule has 0 aromatic heterocycles. The first-order chi connectivity index (χ1) is 11.4. The van der Waals surface area contributed by atoms with Crippen molar-refractivity contribution < 1.29 is 69.4 Å². The lowest BCUT2D eigenvalue weighted by Gasteiger charge is -2.43. The predicted octanol–water partition coefficient (Wildman–Crippen LogP) is -0.0819. The van der Waals surface area contributed by atoms with Crippen molar-refractivity contribution in [3.8, 4) is 0 Å². The van der Waals surface area contributed by atoms with E-state index in [-0.39, 0.29) is 38.9 Å². The van der Waals surface area contributed by atoms with Crippen molar-refractivity contribution >= 4 is 10.0 Å². The highest BCUT2D eigenvalue weighted by Crippen LogP contribution is 2.55. The van der Waals surface area contributed by atoms with E-state index in [0.29, 0.717) is 13.0 Å². The molecule has 0 bridgehead atoms. The summed E-state index contributed by atoms with van der Waals surface area (Å²) in [6, 6.07) is 0. The lowest BCUT2D eigenvalue weighted by molar-refractivity contribution is -0.912. The number of rotatable bonds is 6. The van der Waals surface area contributed by atoms with Gasteiger partial charge >= 0.3 is 23.3 Å². The number of hydrogen-bond donors (Lipinski definition) is 0. The second-order valence-corrected chi connectivity index (χ2v) is 8.34. The van der Waals surface area contributed by atoms with Gasteiger partial charge in [-0.1, -0.05) is 6.92 Å². The second kappa shape index (κ2) is 7.86. The molecule has 0 aliphatic carbocycles. The molecule has 15 heteroatoms. The number of likely N-dealkylation sites (N-methyl/N-ethyl adjacent to an activating group) is 1. The van der Waals surface area contributed by atoms with Crippen LogP contribution >= 0.6 is 0 Å². The Morgan fingerprint density at radius 2 is 1.30 bits per heavy atom. The Hall–Kier alpha value is -0.280. The Balaban J connectivity index is 0.00000676. The van der Waals surface area contributed by atoms with E-state index in [2.05, 4.69) is 0 Å². The summed E-state index contributed by atoms with van der Waals surface area (Å²) >= 11 is 0. The van der Waals surface area contributed by atoms with Gasteiger partial charge in [0.25, 0.3) is 10.0 Å². The minimum Gasteiger partial charge on any atom is -1.00 e. The molecule has 1 aliphatic heterocycles. The van der Waals surface area contributed by atoms with E-state index in [1.54, 1.807) is 14.0 Å². The van der Waals surface area contributed by atoms with E-state index in [1.165, 1.54) is 0 Å². The van der Waals surface area contributed by atoms with Gasteiger partial charge < -0.3 is 21.5 Å². The van der Waals surface area contributed by atoms with Gasteiger partial charge in [-0.05, 0) is 6.42 Å². The lowest BCUT2D eigenvalue weighted by atomic mass is 10.1. The van der Waals surface area contributed by atoms with Crippen LogP contribution in [0.1, 0.15) is 13.3 Å². The molecule has 164 valence electrons. The largest absolute Gasteiger partial charge is 1.00 e. The Labute approximate surface area is 160 Å². The minimum absolute atomic E-state index is 0. The number of quaternary nitrogens is 1. The van der Waals surface area contributed by atoms with Crippen molar-refractivity contribution in [2.45, 2.75) is 36.6 Å². The molecular weight excluding hydrogens is 487 g/mol. The van der Waals surface area contributed by atoms with Crippen LogP contribution in [0.2, 0.25) is 0 Å². The summed E-state index contributed by atoms with van der Waals surface area (Å²) in [7, 11) is -4.82. The van der Waals surface area contributed by atoms with Crippen LogP contribution in [0.3, 0.4) is 0 Å². The van der Waals surface area contributed by atoms with Crippen LogP contribution in [0.4, 0.5) is 39.5 Å². The average molecular weight is 505 g/mol. The number of hydrogen-bond acceptors (Lipinski definition) is 2. The SMILES string of the molecule is CCC[N+]1(C)CCN(S(=O)(=O)C(F)(F)C(F)(F)C(F)(F)C(F)(F)F)CC1.[Br-]. The van der Waals surface area contributed by atoms with Crippen LogP contribution in [0.25, 0.3) is 0 Å². The molecular formula is C12H18BrF9N2O2S. The van der Waals surface area contributed by atoms with Crippen LogP contribution < -0.4 is 17.0 Å². The van der Waals surface area contributed by atoms with Crippen molar-refractivity contribution in [3.05, 3.63) is 0 Å². The van der Waals surface area contributed by atoms with Gasteiger partial charge in [0.05, 0.1) is 39.8 Å². The van der Waals surface area contributed by atoms with Crippen LogP contribution in [0.5, 0.6) is 0 Å². The minimum atomic E-state index is -7.24. The summed E-state index contributed by atoms with van der Waals surface area (Å²) in [5.74, 6) is -14.4. The molecule has 1 fully saturated rings. The molecule has 1 aliphatic rings. The normalized spacial score (nSPS) is 20.3. The van der Waals surface area contributed by atoms with Crippen LogP contribution in [-0.4, -0.2) is 80.3 Å². The third-order valence-electron chi connectivity index (χ3n) is 4.32. The fraction of sp³-hybridized carbons (Fsp3) is 1.00. The van der Waals surface area contributed by atoms with Crippen molar-refractivity contribution in [3.63, 3.8) is 0 Å². The zero-order valence-corrected chi connectivity index (χ0v) is 16.5. The van der Waals surface area contributed by atoms with Crippen molar-refractivity contribution in [1.82, 2.24) is 4.31 Å². The molecule has 0 unspecified atom stereocenters. The standard InChI is InChI=1S/C12H18F9N2O2S.BrH/c1-3-6-23(2)7-4-22(5-8-23)26(24,25)12(20,21)10(15,16)9(13,14)11(17,18)19;/h3-8H2,1-2H3;1H/q+1;/p-1. The summed E-state index contributed by atoms with van der Waals surface area (Å²) in [6.07, 6.45) is -6.41. The zero-order valence-electron chi connectivity index (χ0n) is 14.1. The highest BCUT2D eigenvalue weighted by Gasteiger charge is 2.85. The van der Waals surface area contributed by atoms with Gasteiger partial charge in [-0.3, -0.25) is 0 Å². The summed E-state index contributed by atoms with van der Waals surface area (Å²) < 4.78 is 140. The fourth-order valence-electron chi connectivity index (χ4n) is 2.62. The van der Waals surface area contributed by atoms with E-state index in [4.69, 9.17) is 0 Å². The number of alkyl halides is 9. The summed E-state index contributed by atoms with van der Waals surface area (Å²) in [5.41, 5.74) is 0. The maximum Gasteiger partial charge on any atom is 0.460 e. The van der Waals surface area contributed by atoms with Gasteiger partial charge in [-0.2, -0.15) is 43.8 Å². The maximum absolute atomic E-state index is 13.8. The summed E-state index contributed by atoms with van der Waals surface area (Å²) in [5, 5.41) is -6.65. The zero-order chi connectivity index (χ0) is 20.8. The van der Waals surface area contributed by atoms with E-state index in [9.17, 15) is 47.9 Å². The first kappa shape index (κ1) is 26.7. The first-order valence-corrected chi connectivity index (χ1v) is 8.85. The molecule has 0 aromatic rings. The Kier molecular flexibility index (Phi) is 7.78. The van der Waals surface area contributed by atoms with Crippen LogP contribution in [0.15, 0.2) is 0 Å². The number of piperazine rings is 1. The monoisotopic (exact) mass is 504 g/mol. The molecule has 0 atom stereocenters. The highest BCUT2D eigenvalue weighted by molar-refractivity contribution is 7.90. The van der Waals surface area contributed by atoms with Gasteiger partial charge in [0, 0.05) is 0 Å². The van der Waals surface area contributed by atoms with Gasteiger partial charge in [0.15, 0.2) is 0 Å². The molecule has 1 rings (SSSR count). The van der Waals surface area contributed by atoms with Gasteiger partial charge in [-0.25, -0.2) is 8.42 Å². The molecule has 1 heterocycles. The van der Waals surface area contributed by atoms with Gasteiger partial charge in [0.1, 0.15) is 0 Å². The molecule has 1 saturated heterocycles. The molecule has 0 aromatic carbocycles. The molecule has 4 nitrogen and oxygen atoms in total. The lowest BCUT2D eigenvalue weighted by Crippen LogP contribution is -3.00. The van der Waals surface area contributed by atoms with Crippen molar-refractivity contribution in [1.29, 1.82) is 0 Å². The van der Waals surface area contributed by atoms with Gasteiger partial charge in [0.2, 0.25) is 0 Å². The summed E-state index contributed by atoms with van der Waals surface area (Å²) in [6.45, 7) is 0.742. The molecule has 0 saturated carbocycles. The maximum atomic E-state index is 13.8. The Bertz CT molecular complexity index is 617. The second-order valence-electron chi connectivity index (χ2n) is 6.36. The summed E-state index contributed by atoms with van der Waals surface area (Å²) in [4.78, 5) is 0. The molecule has 0 amide bonds. The third-order valence-corrected chi connectivity index (χ3v) is 6.27. The van der Waals surface area contributed by atoms with Gasteiger partial charge in [-0.15, -0.1) is 0 Å². The topological polar surface area (TPSA) is 37.4 Å². The first-order valence-electron chi connectivity index (χ1n) is 7.41. The highest BCUT2D eigenvalue weighted by atomic mass is 79.9. The van der Waals surface area contributed by atoms with E-state index >= 15 is 0 Å². The van der Waals surface area contributed by atoms with Crippen molar-refractivity contribution in [2.75, 3.05) is 39.8 Å². The van der Waals surface area contributed by atoms with Crippen LogP contribution in [0, 0.1) is 0 Å². The Morgan fingerprint density at radius 3 is 1.63 bits per heavy atom. The van der Waals surface area contributed by atoms with E-state index in [0.717, 1.165) is 0 Å². The van der Waals surface area contributed by atoms with Crippen molar-refractivity contribution in [2.24, 2.45) is 0 Å². The molecule has 27 heavy (non-hydrogen) atoms. The molecule has 0 radical (unpaired) electrons. The predicted molar refractivity (Wildman–Crippen MR) is 72.5 cm³/mol. The smallest absolute Gasteiger partial charge is 0.460 e. The average Bonchev–Trinajstić information content (AvgIpc) is 2.45. The fourth-order valence-corrected chi connectivity index (χ4v) is 4.04. The Morgan fingerprint density at radius 1 is 0.889 bits per heavy atom.